The predicted molar refractivity (Wildman–Crippen MR) is 70.4 cm³/mol. The highest BCUT2D eigenvalue weighted by Gasteiger charge is 2.24. The molecule has 1 saturated heterocycles. The normalized spacial score (nSPS) is 18.4. The number of rotatable bonds is 2. The Bertz CT molecular complexity index is 386. The Kier molecular flexibility index (Phi) is 4.20. The Morgan fingerprint density at radius 2 is 1.78 bits per heavy atom. The van der Waals surface area contributed by atoms with Crippen molar-refractivity contribution in [1.82, 2.24) is 9.80 Å². The molecule has 1 aliphatic rings. The maximum atomic E-state index is 11.4. The van der Waals surface area contributed by atoms with Gasteiger partial charge in [0.1, 0.15) is 0 Å². The lowest BCUT2D eigenvalue weighted by molar-refractivity contribution is 0.0778. The number of piperazine rings is 1. The second-order valence-electron chi connectivity index (χ2n) is 4.58. The van der Waals surface area contributed by atoms with E-state index in [0.717, 1.165) is 26.2 Å². The topological polar surface area (TPSA) is 32.8 Å². The van der Waals surface area contributed by atoms with Crippen molar-refractivity contribution in [3.8, 4) is 0 Å². The summed E-state index contributed by atoms with van der Waals surface area (Å²) >= 11 is 0. The Hall–Kier alpha value is -1.55. The molecule has 1 fully saturated rings. The molecule has 98 valence electrons. The maximum Gasteiger partial charge on any atom is 0.409 e. The highest BCUT2D eigenvalue weighted by atomic mass is 16.5. The average molecular weight is 248 g/mol. The Labute approximate surface area is 108 Å². The van der Waals surface area contributed by atoms with Crippen molar-refractivity contribution in [2.45, 2.75) is 13.0 Å². The van der Waals surface area contributed by atoms with Crippen LogP contribution in [0.4, 0.5) is 4.79 Å². The number of nitrogens with zero attached hydrogens (tertiary/aromatic N) is 2. The van der Waals surface area contributed by atoms with Gasteiger partial charge in [-0.1, -0.05) is 30.3 Å². The second kappa shape index (κ2) is 5.87. The van der Waals surface area contributed by atoms with E-state index in [2.05, 4.69) is 36.1 Å². The minimum absolute atomic E-state index is 0.220. The SMILES string of the molecule is COC(=O)N1CCN(C(C)c2ccccc2)CC1. The first kappa shape index (κ1) is 12.9. The van der Waals surface area contributed by atoms with Crippen LogP contribution in [-0.4, -0.2) is 49.2 Å². The van der Waals surface area contributed by atoms with Crippen LogP contribution in [0.3, 0.4) is 0 Å². The van der Waals surface area contributed by atoms with E-state index < -0.39 is 0 Å². The number of methoxy groups -OCH3 is 1. The fraction of sp³-hybridized carbons (Fsp3) is 0.500. The zero-order valence-corrected chi connectivity index (χ0v) is 11.0. The lowest BCUT2D eigenvalue weighted by Gasteiger charge is -2.37. The third-order valence-electron chi connectivity index (χ3n) is 3.58. The van der Waals surface area contributed by atoms with Crippen molar-refractivity contribution in [3.63, 3.8) is 0 Å². The Morgan fingerprint density at radius 1 is 1.17 bits per heavy atom. The van der Waals surface area contributed by atoms with Crippen molar-refractivity contribution in [2.24, 2.45) is 0 Å². The monoisotopic (exact) mass is 248 g/mol. The summed E-state index contributed by atoms with van der Waals surface area (Å²) in [7, 11) is 1.43. The van der Waals surface area contributed by atoms with Crippen LogP contribution >= 0.6 is 0 Å². The first-order valence-electron chi connectivity index (χ1n) is 6.34. The molecular formula is C14H20N2O2. The molecule has 4 heteroatoms. The lowest BCUT2D eigenvalue weighted by Crippen LogP contribution is -2.49. The first-order chi connectivity index (χ1) is 8.72. The van der Waals surface area contributed by atoms with Gasteiger partial charge < -0.3 is 9.64 Å². The highest BCUT2D eigenvalue weighted by molar-refractivity contribution is 5.67. The summed E-state index contributed by atoms with van der Waals surface area (Å²) in [6.07, 6.45) is -0.220. The molecule has 0 spiro atoms. The number of amides is 1. The molecule has 0 saturated carbocycles. The van der Waals surface area contributed by atoms with Gasteiger partial charge in [0.15, 0.2) is 0 Å². The lowest BCUT2D eigenvalue weighted by atomic mass is 10.1. The number of carbonyl (C=O) groups is 1. The quantitative estimate of drug-likeness (QED) is 0.804. The summed E-state index contributed by atoms with van der Waals surface area (Å²) in [6.45, 7) is 5.48. The minimum Gasteiger partial charge on any atom is -0.453 e. The number of ether oxygens (including phenoxy) is 1. The summed E-state index contributed by atoms with van der Waals surface area (Å²) in [4.78, 5) is 15.6. The van der Waals surface area contributed by atoms with Crippen molar-refractivity contribution >= 4 is 6.09 Å². The van der Waals surface area contributed by atoms with E-state index >= 15 is 0 Å². The van der Waals surface area contributed by atoms with Gasteiger partial charge in [0.2, 0.25) is 0 Å². The summed E-state index contributed by atoms with van der Waals surface area (Å²) in [5.74, 6) is 0. The average Bonchev–Trinajstić information content (AvgIpc) is 2.47. The maximum absolute atomic E-state index is 11.4. The molecule has 0 aromatic heterocycles. The van der Waals surface area contributed by atoms with Crippen LogP contribution in [0.25, 0.3) is 0 Å². The van der Waals surface area contributed by atoms with Crippen LogP contribution < -0.4 is 0 Å². The van der Waals surface area contributed by atoms with Gasteiger partial charge in [-0.2, -0.15) is 0 Å². The molecule has 1 aliphatic heterocycles. The Morgan fingerprint density at radius 3 is 2.33 bits per heavy atom. The van der Waals surface area contributed by atoms with Crippen LogP contribution in [0.1, 0.15) is 18.5 Å². The van der Waals surface area contributed by atoms with Crippen molar-refractivity contribution in [3.05, 3.63) is 35.9 Å². The molecule has 1 aromatic rings. The van der Waals surface area contributed by atoms with Crippen molar-refractivity contribution < 1.29 is 9.53 Å². The van der Waals surface area contributed by atoms with E-state index in [4.69, 9.17) is 4.74 Å². The molecule has 2 rings (SSSR count). The number of carbonyl (C=O) groups excluding carboxylic acids is 1. The predicted octanol–water partition coefficient (Wildman–Crippen LogP) is 2.13. The fourth-order valence-corrected chi connectivity index (χ4v) is 2.36. The van der Waals surface area contributed by atoms with Gasteiger partial charge in [-0.15, -0.1) is 0 Å². The highest BCUT2D eigenvalue weighted by Crippen LogP contribution is 2.21. The molecule has 1 atom stereocenters. The zero-order valence-electron chi connectivity index (χ0n) is 11.0. The second-order valence-corrected chi connectivity index (χ2v) is 4.58. The number of hydrogen-bond donors (Lipinski definition) is 0. The first-order valence-corrected chi connectivity index (χ1v) is 6.34. The molecule has 1 amide bonds. The van der Waals surface area contributed by atoms with Gasteiger partial charge in [-0.25, -0.2) is 4.79 Å². The standard InChI is InChI=1S/C14H20N2O2/c1-12(13-6-4-3-5-7-13)15-8-10-16(11-9-15)14(17)18-2/h3-7,12H,8-11H2,1-2H3. The molecule has 4 nitrogen and oxygen atoms in total. The van der Waals surface area contributed by atoms with E-state index in [1.807, 2.05) is 6.07 Å². The van der Waals surface area contributed by atoms with E-state index in [1.54, 1.807) is 4.90 Å². The smallest absolute Gasteiger partial charge is 0.409 e. The van der Waals surface area contributed by atoms with Gasteiger partial charge in [0.05, 0.1) is 7.11 Å². The summed E-state index contributed by atoms with van der Waals surface area (Å²) in [5, 5.41) is 0. The molecule has 0 radical (unpaired) electrons. The fourth-order valence-electron chi connectivity index (χ4n) is 2.36. The largest absolute Gasteiger partial charge is 0.453 e. The zero-order chi connectivity index (χ0) is 13.0. The molecule has 0 N–H and O–H groups in total. The van der Waals surface area contributed by atoms with Crippen molar-refractivity contribution in [2.75, 3.05) is 33.3 Å². The van der Waals surface area contributed by atoms with Crippen molar-refractivity contribution in [1.29, 1.82) is 0 Å². The third kappa shape index (κ3) is 2.82. The molecule has 1 unspecified atom stereocenters. The van der Waals surface area contributed by atoms with Gasteiger partial charge in [-0.3, -0.25) is 4.90 Å². The molecular weight excluding hydrogens is 228 g/mol. The number of benzene rings is 1. The van der Waals surface area contributed by atoms with Crippen LogP contribution in [-0.2, 0) is 4.74 Å². The van der Waals surface area contributed by atoms with Crippen LogP contribution in [0.2, 0.25) is 0 Å². The van der Waals surface area contributed by atoms with E-state index in [9.17, 15) is 4.79 Å². The molecule has 1 heterocycles. The van der Waals surface area contributed by atoms with E-state index in [-0.39, 0.29) is 6.09 Å². The van der Waals surface area contributed by atoms with E-state index in [0.29, 0.717) is 6.04 Å². The number of hydrogen-bond acceptors (Lipinski definition) is 3. The molecule has 0 bridgehead atoms. The van der Waals surface area contributed by atoms with E-state index in [1.165, 1.54) is 12.7 Å². The summed E-state index contributed by atoms with van der Waals surface area (Å²) in [5.41, 5.74) is 1.32. The molecule has 1 aromatic carbocycles. The molecule has 0 aliphatic carbocycles. The minimum atomic E-state index is -0.220. The van der Waals surface area contributed by atoms with Gasteiger partial charge in [-0.05, 0) is 12.5 Å². The van der Waals surface area contributed by atoms with Gasteiger partial charge in [0.25, 0.3) is 0 Å². The van der Waals surface area contributed by atoms with Gasteiger partial charge >= 0.3 is 6.09 Å². The summed E-state index contributed by atoms with van der Waals surface area (Å²) in [6, 6.07) is 10.9. The molecule has 18 heavy (non-hydrogen) atoms. The third-order valence-corrected chi connectivity index (χ3v) is 3.58. The van der Waals surface area contributed by atoms with Crippen LogP contribution in [0, 0.1) is 0 Å². The van der Waals surface area contributed by atoms with Gasteiger partial charge in [0, 0.05) is 32.2 Å². The van der Waals surface area contributed by atoms with Crippen LogP contribution in [0.15, 0.2) is 30.3 Å². The summed E-state index contributed by atoms with van der Waals surface area (Å²) < 4.78 is 4.74. The Balaban J connectivity index is 1.92. The van der Waals surface area contributed by atoms with Crippen LogP contribution in [0.5, 0.6) is 0 Å².